The molecule has 0 saturated heterocycles. The van der Waals surface area contributed by atoms with E-state index in [1.54, 1.807) is 6.21 Å². The van der Waals surface area contributed by atoms with Crippen molar-refractivity contribution in [2.45, 2.75) is 19.2 Å². The predicted octanol–water partition coefficient (Wildman–Crippen LogP) is 1.25. The van der Waals surface area contributed by atoms with Crippen LogP contribution >= 0.6 is 0 Å². The lowest BCUT2D eigenvalue weighted by atomic mass is 10.1. The van der Waals surface area contributed by atoms with Gasteiger partial charge in [-0.3, -0.25) is 9.79 Å². The summed E-state index contributed by atoms with van der Waals surface area (Å²) in [5.41, 5.74) is 0.930. The zero-order valence-electron chi connectivity index (χ0n) is 6.57. The van der Waals surface area contributed by atoms with Crippen LogP contribution in [0.3, 0.4) is 0 Å². The summed E-state index contributed by atoms with van der Waals surface area (Å²) in [7, 11) is 0. The lowest BCUT2D eigenvalue weighted by Gasteiger charge is -2.09. The highest BCUT2D eigenvalue weighted by molar-refractivity contribution is 5.62. The van der Waals surface area contributed by atoms with E-state index in [0.29, 0.717) is 13.0 Å². The molecule has 3 nitrogen and oxygen atoms in total. The molecule has 0 aromatic carbocycles. The first-order valence-corrected chi connectivity index (χ1v) is 3.72. The second kappa shape index (κ2) is 4.64. The number of hydrogen-bond acceptors (Lipinski definition) is 3. The van der Waals surface area contributed by atoms with Crippen molar-refractivity contribution < 1.29 is 13.9 Å². The summed E-state index contributed by atoms with van der Waals surface area (Å²) in [4.78, 5) is 13.7. The Morgan fingerprint density at radius 2 is 2.67 bits per heavy atom. The number of rotatable bonds is 4. The second-order valence-corrected chi connectivity index (χ2v) is 2.46. The molecule has 0 fully saturated rings. The van der Waals surface area contributed by atoms with E-state index in [9.17, 15) is 9.18 Å². The molecule has 0 radical (unpaired) electrons. The van der Waals surface area contributed by atoms with E-state index < -0.39 is 6.36 Å². The topological polar surface area (TPSA) is 38.7 Å². The van der Waals surface area contributed by atoms with E-state index >= 15 is 0 Å². The lowest BCUT2D eigenvalue weighted by Crippen LogP contribution is -2.08. The Hall–Kier alpha value is -1.19. The normalized spacial score (nSPS) is 18.2. The quantitative estimate of drug-likeness (QED) is 0.471. The van der Waals surface area contributed by atoms with Gasteiger partial charge in [0, 0.05) is 19.1 Å². The minimum Gasteiger partial charge on any atom is -0.433 e. The van der Waals surface area contributed by atoms with Crippen molar-refractivity contribution in [1.29, 1.82) is 0 Å². The summed E-state index contributed by atoms with van der Waals surface area (Å²) < 4.78 is 16.8. The van der Waals surface area contributed by atoms with Gasteiger partial charge in [-0.05, 0) is 0 Å². The van der Waals surface area contributed by atoms with Crippen molar-refractivity contribution in [3.05, 3.63) is 11.6 Å². The van der Waals surface area contributed by atoms with Crippen LogP contribution in [0.25, 0.3) is 0 Å². The molecular weight excluding hydrogens is 161 g/mol. The average Bonchev–Trinajstić information content (AvgIpc) is 2.06. The van der Waals surface area contributed by atoms with Crippen LogP contribution in [0, 0.1) is 0 Å². The van der Waals surface area contributed by atoms with E-state index in [1.807, 2.05) is 6.08 Å². The number of aliphatic imine (C=N–C) groups is 1. The van der Waals surface area contributed by atoms with Gasteiger partial charge >= 0.3 is 0 Å². The van der Waals surface area contributed by atoms with E-state index in [2.05, 4.69) is 9.73 Å². The van der Waals surface area contributed by atoms with Crippen molar-refractivity contribution in [2.24, 2.45) is 4.99 Å². The van der Waals surface area contributed by atoms with Crippen molar-refractivity contribution in [3.8, 4) is 0 Å². The SMILES string of the molecule is O=COC(F)CC1=CCN=CC1. The third-order valence-corrected chi connectivity index (χ3v) is 1.59. The number of carbonyl (C=O) groups excluding carboxylic acids is 1. The van der Waals surface area contributed by atoms with Gasteiger partial charge in [0.25, 0.3) is 6.47 Å². The van der Waals surface area contributed by atoms with E-state index in [1.165, 1.54) is 0 Å². The first-order valence-electron chi connectivity index (χ1n) is 3.72. The summed E-state index contributed by atoms with van der Waals surface area (Å²) in [6.45, 7) is 0.727. The fourth-order valence-electron chi connectivity index (χ4n) is 1.00. The fourth-order valence-corrected chi connectivity index (χ4v) is 1.00. The Morgan fingerprint density at radius 1 is 1.83 bits per heavy atom. The van der Waals surface area contributed by atoms with Gasteiger partial charge in [-0.1, -0.05) is 11.6 Å². The number of nitrogens with zero attached hydrogens (tertiary/aromatic N) is 1. The molecule has 1 aliphatic rings. The minimum absolute atomic E-state index is 0.127. The van der Waals surface area contributed by atoms with Crippen LogP contribution in [0.15, 0.2) is 16.6 Å². The Balaban J connectivity index is 2.30. The largest absolute Gasteiger partial charge is 0.433 e. The zero-order valence-corrected chi connectivity index (χ0v) is 6.57. The van der Waals surface area contributed by atoms with Crippen molar-refractivity contribution >= 4 is 12.7 Å². The molecule has 0 bridgehead atoms. The van der Waals surface area contributed by atoms with Gasteiger partial charge in [-0.25, -0.2) is 4.39 Å². The summed E-state index contributed by atoms with van der Waals surface area (Å²) in [6, 6.07) is 0. The van der Waals surface area contributed by atoms with Crippen molar-refractivity contribution in [3.63, 3.8) is 0 Å². The first kappa shape index (κ1) is 8.90. The van der Waals surface area contributed by atoms with Crippen molar-refractivity contribution in [2.75, 3.05) is 6.54 Å². The number of hydrogen-bond donors (Lipinski definition) is 0. The van der Waals surface area contributed by atoms with Crippen LogP contribution < -0.4 is 0 Å². The molecule has 0 amide bonds. The summed E-state index contributed by atoms with van der Waals surface area (Å²) in [5, 5.41) is 0. The predicted molar refractivity (Wildman–Crippen MR) is 42.7 cm³/mol. The Morgan fingerprint density at radius 3 is 3.25 bits per heavy atom. The van der Waals surface area contributed by atoms with Gasteiger partial charge in [0.05, 0.1) is 6.54 Å². The fraction of sp³-hybridized carbons (Fsp3) is 0.500. The van der Waals surface area contributed by atoms with Crippen LogP contribution in [-0.2, 0) is 9.53 Å². The van der Waals surface area contributed by atoms with Gasteiger partial charge < -0.3 is 4.74 Å². The number of dihydropyridines is 1. The Bertz CT molecular complexity index is 213. The van der Waals surface area contributed by atoms with E-state index in [-0.39, 0.29) is 12.9 Å². The lowest BCUT2D eigenvalue weighted by molar-refractivity contribution is -0.141. The molecule has 0 aromatic heterocycles. The smallest absolute Gasteiger partial charge is 0.295 e. The second-order valence-electron chi connectivity index (χ2n) is 2.46. The zero-order chi connectivity index (χ0) is 8.81. The molecule has 1 unspecified atom stereocenters. The number of alkyl halides is 1. The van der Waals surface area contributed by atoms with Gasteiger partial charge in [-0.15, -0.1) is 0 Å². The molecule has 12 heavy (non-hydrogen) atoms. The molecule has 0 spiro atoms. The average molecular weight is 171 g/mol. The number of ether oxygens (including phenoxy) is 1. The number of halogens is 1. The molecule has 0 saturated carbocycles. The van der Waals surface area contributed by atoms with Gasteiger partial charge in [0.1, 0.15) is 0 Å². The molecular formula is C8H10FNO2. The minimum atomic E-state index is -1.51. The van der Waals surface area contributed by atoms with Crippen molar-refractivity contribution in [1.82, 2.24) is 0 Å². The van der Waals surface area contributed by atoms with Crippen LogP contribution in [0.1, 0.15) is 12.8 Å². The Kier molecular flexibility index (Phi) is 3.44. The molecule has 1 aliphatic heterocycles. The summed E-state index contributed by atoms with van der Waals surface area (Å²) in [6.07, 6.45) is 2.89. The molecule has 0 aliphatic carbocycles. The Labute approximate surface area is 69.9 Å². The molecule has 1 heterocycles. The van der Waals surface area contributed by atoms with Crippen LogP contribution in [-0.4, -0.2) is 25.6 Å². The molecule has 1 atom stereocenters. The standard InChI is InChI=1S/C8H10FNO2/c9-8(12-6-11)5-7-1-3-10-4-2-7/h1,4,6,8H,2-3,5H2. The maximum atomic E-state index is 12.6. The van der Waals surface area contributed by atoms with Crippen LogP contribution in [0.5, 0.6) is 0 Å². The van der Waals surface area contributed by atoms with Gasteiger partial charge in [0.15, 0.2) is 0 Å². The highest BCUT2D eigenvalue weighted by Gasteiger charge is 2.09. The maximum Gasteiger partial charge on any atom is 0.295 e. The third-order valence-electron chi connectivity index (χ3n) is 1.59. The maximum absolute atomic E-state index is 12.6. The summed E-state index contributed by atoms with van der Waals surface area (Å²) >= 11 is 0. The van der Waals surface area contributed by atoms with Crippen LogP contribution in [0.2, 0.25) is 0 Å². The highest BCUT2D eigenvalue weighted by atomic mass is 19.1. The van der Waals surface area contributed by atoms with Gasteiger partial charge in [0.2, 0.25) is 6.36 Å². The van der Waals surface area contributed by atoms with E-state index in [0.717, 1.165) is 5.57 Å². The van der Waals surface area contributed by atoms with E-state index in [4.69, 9.17) is 0 Å². The van der Waals surface area contributed by atoms with Crippen LogP contribution in [0.4, 0.5) is 4.39 Å². The monoisotopic (exact) mass is 171 g/mol. The molecule has 0 aromatic rings. The molecule has 0 N–H and O–H groups in total. The molecule has 1 rings (SSSR count). The first-order chi connectivity index (χ1) is 5.83. The van der Waals surface area contributed by atoms with Gasteiger partial charge in [-0.2, -0.15) is 0 Å². The summed E-state index contributed by atoms with van der Waals surface area (Å²) in [5.74, 6) is 0. The third kappa shape index (κ3) is 2.82. The highest BCUT2D eigenvalue weighted by Crippen LogP contribution is 2.13. The molecule has 4 heteroatoms. The molecule has 66 valence electrons. The number of carbonyl (C=O) groups is 1.